The molecule has 20 heavy (non-hydrogen) atoms. The molecule has 5 nitrogen and oxygen atoms in total. The van der Waals surface area contributed by atoms with Gasteiger partial charge in [0.25, 0.3) is 0 Å². The second-order valence-electron chi connectivity index (χ2n) is 5.51. The molecule has 0 amide bonds. The van der Waals surface area contributed by atoms with Crippen LogP contribution in [-0.4, -0.2) is 34.3 Å². The van der Waals surface area contributed by atoms with Crippen LogP contribution < -0.4 is 10.6 Å². The number of rotatable bonds is 8. The van der Waals surface area contributed by atoms with Gasteiger partial charge < -0.3 is 15.7 Å². The highest BCUT2D eigenvalue weighted by Gasteiger charge is 2.12. The van der Waals surface area contributed by atoms with Crippen LogP contribution in [0.3, 0.4) is 0 Å². The van der Waals surface area contributed by atoms with Gasteiger partial charge in [0.1, 0.15) is 17.5 Å². The van der Waals surface area contributed by atoms with Crippen LogP contribution in [-0.2, 0) is 0 Å². The van der Waals surface area contributed by atoms with Gasteiger partial charge in [0.2, 0.25) is 0 Å². The first kappa shape index (κ1) is 16.7. The summed E-state index contributed by atoms with van der Waals surface area (Å²) >= 11 is 0. The maximum Gasteiger partial charge on any atom is 0.135 e. The van der Waals surface area contributed by atoms with E-state index in [0.717, 1.165) is 49.0 Å². The predicted octanol–water partition coefficient (Wildman–Crippen LogP) is 2.91. The number of nitrogens with one attached hydrogen (secondary N) is 2. The molecule has 114 valence electrons. The summed E-state index contributed by atoms with van der Waals surface area (Å²) in [7, 11) is 0. The molecule has 1 aromatic rings. The Bertz CT molecular complexity index is 419. The van der Waals surface area contributed by atoms with E-state index in [9.17, 15) is 5.11 Å². The molecule has 1 aromatic heterocycles. The third-order valence-corrected chi connectivity index (χ3v) is 3.11. The molecule has 0 aliphatic rings. The summed E-state index contributed by atoms with van der Waals surface area (Å²) in [5.41, 5.74) is 1.05. The van der Waals surface area contributed by atoms with Crippen molar-refractivity contribution in [2.75, 3.05) is 23.7 Å². The Balaban J connectivity index is 2.81. The van der Waals surface area contributed by atoms with Crippen LogP contribution in [0.15, 0.2) is 0 Å². The van der Waals surface area contributed by atoms with Gasteiger partial charge in [-0.2, -0.15) is 0 Å². The number of aromatic nitrogens is 2. The van der Waals surface area contributed by atoms with Crippen LogP contribution >= 0.6 is 0 Å². The Kier molecular flexibility index (Phi) is 6.71. The number of anilines is 2. The first-order chi connectivity index (χ1) is 9.45. The monoisotopic (exact) mass is 280 g/mol. The van der Waals surface area contributed by atoms with Gasteiger partial charge >= 0.3 is 0 Å². The van der Waals surface area contributed by atoms with E-state index in [4.69, 9.17) is 0 Å². The van der Waals surface area contributed by atoms with Gasteiger partial charge in [-0.05, 0) is 33.6 Å². The van der Waals surface area contributed by atoms with Gasteiger partial charge in [-0.25, -0.2) is 9.97 Å². The second kappa shape index (κ2) is 8.04. The van der Waals surface area contributed by atoms with Crippen molar-refractivity contribution in [2.24, 2.45) is 0 Å². The molecule has 0 bridgehead atoms. The van der Waals surface area contributed by atoms with Crippen molar-refractivity contribution < 1.29 is 5.11 Å². The van der Waals surface area contributed by atoms with Gasteiger partial charge in [0.15, 0.2) is 0 Å². The van der Waals surface area contributed by atoms with Gasteiger partial charge in [-0.15, -0.1) is 0 Å². The molecular formula is C15H28N4O. The molecule has 0 saturated heterocycles. The van der Waals surface area contributed by atoms with Crippen LogP contribution in [0.1, 0.15) is 57.8 Å². The van der Waals surface area contributed by atoms with Gasteiger partial charge in [-0.3, -0.25) is 0 Å². The quantitative estimate of drug-likeness (QED) is 0.639. The molecule has 0 saturated carbocycles. The van der Waals surface area contributed by atoms with Gasteiger partial charge in [0.05, 0.1) is 6.10 Å². The summed E-state index contributed by atoms with van der Waals surface area (Å²) in [4.78, 5) is 9.18. The summed E-state index contributed by atoms with van der Waals surface area (Å²) in [5.74, 6) is 2.95. The van der Waals surface area contributed by atoms with E-state index >= 15 is 0 Å². The van der Waals surface area contributed by atoms with Crippen molar-refractivity contribution in [1.29, 1.82) is 0 Å². The van der Waals surface area contributed by atoms with E-state index in [0.29, 0.717) is 5.92 Å². The minimum atomic E-state index is -0.244. The van der Waals surface area contributed by atoms with Crippen molar-refractivity contribution in [2.45, 2.75) is 59.5 Å². The van der Waals surface area contributed by atoms with Crippen LogP contribution in [0.25, 0.3) is 0 Å². The average molecular weight is 280 g/mol. The second-order valence-corrected chi connectivity index (χ2v) is 5.51. The fourth-order valence-electron chi connectivity index (χ4n) is 1.91. The maximum atomic E-state index is 9.27. The number of aliphatic hydroxyl groups is 1. The van der Waals surface area contributed by atoms with E-state index < -0.39 is 0 Å². The summed E-state index contributed by atoms with van der Waals surface area (Å²) in [6.07, 6.45) is 1.48. The lowest BCUT2D eigenvalue weighted by molar-refractivity contribution is 0.183. The normalized spacial score (nSPS) is 12.6. The zero-order chi connectivity index (χ0) is 15.1. The Hall–Kier alpha value is -1.36. The molecule has 0 aliphatic carbocycles. The van der Waals surface area contributed by atoms with E-state index in [1.807, 2.05) is 13.8 Å². The van der Waals surface area contributed by atoms with E-state index in [-0.39, 0.29) is 6.10 Å². The molecule has 0 radical (unpaired) electrons. The molecule has 0 fully saturated rings. The first-order valence-electron chi connectivity index (χ1n) is 7.50. The third kappa shape index (κ3) is 4.96. The van der Waals surface area contributed by atoms with Crippen molar-refractivity contribution >= 4 is 11.6 Å². The molecular weight excluding hydrogens is 252 g/mol. The average Bonchev–Trinajstić information content (AvgIpc) is 2.38. The molecule has 0 aliphatic heterocycles. The standard InChI is InChI=1S/C15H28N4O/c1-6-16-14-12(5)15(17-9-7-8-11(4)20)19-13(18-14)10(2)3/h10-11,20H,6-9H2,1-5H3,(H2,16,17,18,19). The van der Waals surface area contributed by atoms with E-state index in [1.54, 1.807) is 0 Å². The van der Waals surface area contributed by atoms with Gasteiger partial charge in [-0.1, -0.05) is 13.8 Å². The summed E-state index contributed by atoms with van der Waals surface area (Å²) < 4.78 is 0. The lowest BCUT2D eigenvalue weighted by Crippen LogP contribution is -2.13. The fraction of sp³-hybridized carbons (Fsp3) is 0.733. The molecule has 1 rings (SSSR count). The first-order valence-corrected chi connectivity index (χ1v) is 7.50. The van der Waals surface area contributed by atoms with E-state index in [1.165, 1.54) is 0 Å². The van der Waals surface area contributed by atoms with Crippen LogP contribution in [0, 0.1) is 6.92 Å². The Morgan fingerprint density at radius 2 is 1.70 bits per heavy atom. The molecule has 0 spiro atoms. The van der Waals surface area contributed by atoms with Crippen LogP contribution in [0.4, 0.5) is 11.6 Å². The highest BCUT2D eigenvalue weighted by atomic mass is 16.3. The Labute approximate surface area is 122 Å². The van der Waals surface area contributed by atoms with Crippen molar-refractivity contribution in [1.82, 2.24) is 9.97 Å². The van der Waals surface area contributed by atoms with Crippen molar-refractivity contribution in [3.63, 3.8) is 0 Å². The van der Waals surface area contributed by atoms with E-state index in [2.05, 4.69) is 41.4 Å². The topological polar surface area (TPSA) is 70.1 Å². The number of hydrogen-bond acceptors (Lipinski definition) is 5. The number of hydrogen-bond donors (Lipinski definition) is 3. The van der Waals surface area contributed by atoms with Gasteiger partial charge in [0, 0.05) is 24.6 Å². The number of nitrogens with zero attached hydrogens (tertiary/aromatic N) is 2. The van der Waals surface area contributed by atoms with Crippen molar-refractivity contribution in [3.8, 4) is 0 Å². The fourth-order valence-corrected chi connectivity index (χ4v) is 1.91. The molecule has 0 aromatic carbocycles. The molecule has 5 heteroatoms. The highest BCUT2D eigenvalue weighted by molar-refractivity contribution is 5.57. The lowest BCUT2D eigenvalue weighted by Gasteiger charge is -2.16. The summed E-state index contributed by atoms with van der Waals surface area (Å²) in [6.45, 7) is 11.7. The smallest absolute Gasteiger partial charge is 0.135 e. The highest BCUT2D eigenvalue weighted by Crippen LogP contribution is 2.23. The van der Waals surface area contributed by atoms with Crippen LogP contribution in [0.5, 0.6) is 0 Å². The minimum absolute atomic E-state index is 0.244. The zero-order valence-corrected chi connectivity index (χ0v) is 13.3. The molecule has 1 unspecified atom stereocenters. The lowest BCUT2D eigenvalue weighted by atomic mass is 10.2. The predicted molar refractivity (Wildman–Crippen MR) is 84.4 cm³/mol. The largest absolute Gasteiger partial charge is 0.393 e. The Morgan fingerprint density at radius 3 is 2.20 bits per heavy atom. The number of aliphatic hydroxyl groups excluding tert-OH is 1. The molecule has 1 atom stereocenters. The molecule has 3 N–H and O–H groups in total. The maximum absolute atomic E-state index is 9.27. The van der Waals surface area contributed by atoms with Crippen molar-refractivity contribution in [3.05, 3.63) is 11.4 Å². The minimum Gasteiger partial charge on any atom is -0.393 e. The summed E-state index contributed by atoms with van der Waals surface area (Å²) in [5, 5.41) is 15.9. The third-order valence-electron chi connectivity index (χ3n) is 3.11. The zero-order valence-electron chi connectivity index (χ0n) is 13.3. The van der Waals surface area contributed by atoms with Crippen LogP contribution in [0.2, 0.25) is 0 Å². The summed E-state index contributed by atoms with van der Waals surface area (Å²) in [6, 6.07) is 0. The Morgan fingerprint density at radius 1 is 1.10 bits per heavy atom. The SMILES string of the molecule is CCNc1nc(C(C)C)nc(NCCCC(C)O)c1C. The molecule has 1 heterocycles.